The van der Waals surface area contributed by atoms with Gasteiger partial charge in [0.25, 0.3) is 0 Å². The predicted octanol–water partition coefficient (Wildman–Crippen LogP) is 2.66. The summed E-state index contributed by atoms with van der Waals surface area (Å²) >= 11 is 1.37. The lowest BCUT2D eigenvalue weighted by Crippen LogP contribution is -2.40. The van der Waals surface area contributed by atoms with Gasteiger partial charge in [-0.15, -0.1) is 11.8 Å². The Morgan fingerprint density at radius 1 is 1.24 bits per heavy atom. The Hall–Kier alpha value is -1.69. The molecule has 0 aliphatic carbocycles. The zero-order valence-corrected chi connectivity index (χ0v) is 13.5. The number of carbonyl (C=O) groups is 2. The SMILES string of the molecule is COc1ccc(SCC(=O)NC(=O)NCCC(C)C)cc1. The lowest BCUT2D eigenvalue weighted by molar-refractivity contribution is -0.117. The molecule has 3 amide bonds. The van der Waals surface area contributed by atoms with Crippen molar-refractivity contribution in [2.75, 3.05) is 19.4 Å². The maximum absolute atomic E-state index is 11.6. The molecule has 1 aromatic rings. The van der Waals surface area contributed by atoms with Crippen LogP contribution >= 0.6 is 11.8 Å². The van der Waals surface area contributed by atoms with Crippen LogP contribution in [-0.2, 0) is 4.79 Å². The molecule has 0 bridgehead atoms. The van der Waals surface area contributed by atoms with Crippen LogP contribution in [0.1, 0.15) is 20.3 Å². The molecule has 0 fully saturated rings. The van der Waals surface area contributed by atoms with Crippen molar-refractivity contribution in [3.05, 3.63) is 24.3 Å². The summed E-state index contributed by atoms with van der Waals surface area (Å²) in [5.41, 5.74) is 0. The van der Waals surface area contributed by atoms with Crippen molar-refractivity contribution in [2.24, 2.45) is 5.92 Å². The highest BCUT2D eigenvalue weighted by atomic mass is 32.2. The topological polar surface area (TPSA) is 67.4 Å². The second-order valence-corrected chi connectivity index (χ2v) is 6.00. The lowest BCUT2D eigenvalue weighted by Gasteiger charge is -2.08. The van der Waals surface area contributed by atoms with Gasteiger partial charge in [-0.1, -0.05) is 13.8 Å². The maximum Gasteiger partial charge on any atom is 0.321 e. The van der Waals surface area contributed by atoms with Crippen LogP contribution in [0.2, 0.25) is 0 Å². The van der Waals surface area contributed by atoms with Crippen LogP contribution in [0.3, 0.4) is 0 Å². The molecule has 0 radical (unpaired) electrons. The second kappa shape index (κ2) is 9.28. The minimum absolute atomic E-state index is 0.198. The summed E-state index contributed by atoms with van der Waals surface area (Å²) in [4.78, 5) is 24.0. The van der Waals surface area contributed by atoms with Gasteiger partial charge in [0.15, 0.2) is 0 Å². The number of nitrogens with one attached hydrogen (secondary N) is 2. The molecule has 0 saturated carbocycles. The number of ether oxygens (including phenoxy) is 1. The highest BCUT2D eigenvalue weighted by Gasteiger charge is 2.08. The van der Waals surface area contributed by atoms with Gasteiger partial charge in [-0.3, -0.25) is 10.1 Å². The Kier molecular flexibility index (Phi) is 7.68. The number of amides is 3. The van der Waals surface area contributed by atoms with E-state index in [4.69, 9.17) is 4.74 Å². The van der Waals surface area contributed by atoms with Crippen molar-refractivity contribution < 1.29 is 14.3 Å². The summed E-state index contributed by atoms with van der Waals surface area (Å²) in [6, 6.07) is 6.98. The molecule has 0 heterocycles. The minimum Gasteiger partial charge on any atom is -0.497 e. The Balaban J connectivity index is 2.25. The van der Waals surface area contributed by atoms with Gasteiger partial charge in [-0.2, -0.15) is 0 Å². The molecule has 1 aromatic carbocycles. The first-order valence-corrected chi connectivity index (χ1v) is 7.84. The van der Waals surface area contributed by atoms with Crippen molar-refractivity contribution >= 4 is 23.7 Å². The fourth-order valence-corrected chi connectivity index (χ4v) is 2.20. The van der Waals surface area contributed by atoms with Gasteiger partial charge in [0.2, 0.25) is 5.91 Å². The van der Waals surface area contributed by atoms with Crippen LogP contribution in [0.4, 0.5) is 4.79 Å². The Morgan fingerprint density at radius 3 is 2.48 bits per heavy atom. The lowest BCUT2D eigenvalue weighted by atomic mass is 10.1. The predicted molar refractivity (Wildman–Crippen MR) is 84.7 cm³/mol. The summed E-state index contributed by atoms with van der Waals surface area (Å²) in [6.45, 7) is 4.73. The number of methoxy groups -OCH3 is 1. The molecule has 0 saturated heterocycles. The monoisotopic (exact) mass is 310 g/mol. The van der Waals surface area contributed by atoms with Crippen molar-refractivity contribution in [2.45, 2.75) is 25.2 Å². The number of hydrogen-bond acceptors (Lipinski definition) is 4. The zero-order chi connectivity index (χ0) is 15.7. The third-order valence-electron chi connectivity index (χ3n) is 2.69. The van der Waals surface area contributed by atoms with Gasteiger partial charge < -0.3 is 10.1 Å². The largest absolute Gasteiger partial charge is 0.497 e. The Morgan fingerprint density at radius 2 is 1.90 bits per heavy atom. The van der Waals surface area contributed by atoms with E-state index in [-0.39, 0.29) is 11.7 Å². The van der Waals surface area contributed by atoms with E-state index >= 15 is 0 Å². The first kappa shape index (κ1) is 17.4. The van der Waals surface area contributed by atoms with Crippen molar-refractivity contribution in [1.29, 1.82) is 0 Å². The van der Waals surface area contributed by atoms with Crippen LogP contribution in [0.15, 0.2) is 29.2 Å². The van der Waals surface area contributed by atoms with E-state index in [0.717, 1.165) is 17.1 Å². The Labute approximate surface area is 129 Å². The smallest absolute Gasteiger partial charge is 0.321 e. The molecule has 0 unspecified atom stereocenters. The molecule has 1 rings (SSSR count). The Bertz CT molecular complexity index is 460. The van der Waals surface area contributed by atoms with Crippen LogP contribution in [0.5, 0.6) is 5.75 Å². The van der Waals surface area contributed by atoms with E-state index in [1.54, 1.807) is 7.11 Å². The molecule has 0 aromatic heterocycles. The van der Waals surface area contributed by atoms with E-state index in [9.17, 15) is 9.59 Å². The van der Waals surface area contributed by atoms with Gasteiger partial charge in [0, 0.05) is 11.4 Å². The summed E-state index contributed by atoms with van der Waals surface area (Å²) < 4.78 is 5.06. The van der Waals surface area contributed by atoms with E-state index in [1.807, 2.05) is 24.3 Å². The summed E-state index contributed by atoms with van der Waals surface area (Å²) in [7, 11) is 1.60. The maximum atomic E-state index is 11.6. The van der Waals surface area contributed by atoms with Gasteiger partial charge in [-0.25, -0.2) is 4.79 Å². The van der Waals surface area contributed by atoms with Crippen LogP contribution < -0.4 is 15.4 Å². The first-order chi connectivity index (χ1) is 10.0. The highest BCUT2D eigenvalue weighted by molar-refractivity contribution is 8.00. The molecule has 21 heavy (non-hydrogen) atoms. The summed E-state index contributed by atoms with van der Waals surface area (Å²) in [6.07, 6.45) is 0.891. The van der Waals surface area contributed by atoms with E-state index in [2.05, 4.69) is 24.5 Å². The molecule has 2 N–H and O–H groups in total. The van der Waals surface area contributed by atoms with E-state index in [0.29, 0.717) is 12.5 Å². The fraction of sp³-hybridized carbons (Fsp3) is 0.467. The number of hydrogen-bond donors (Lipinski definition) is 2. The minimum atomic E-state index is -0.434. The van der Waals surface area contributed by atoms with Crippen LogP contribution in [0, 0.1) is 5.92 Å². The van der Waals surface area contributed by atoms with Crippen molar-refractivity contribution in [1.82, 2.24) is 10.6 Å². The molecule has 0 aliphatic heterocycles. The number of rotatable bonds is 7. The standard InChI is InChI=1S/C15H22N2O3S/c1-11(2)8-9-16-15(19)17-14(18)10-21-13-6-4-12(20-3)5-7-13/h4-7,11H,8-10H2,1-3H3,(H2,16,17,18,19). The third-order valence-corrected chi connectivity index (χ3v) is 3.70. The van der Waals surface area contributed by atoms with Crippen LogP contribution in [-0.4, -0.2) is 31.3 Å². The molecule has 5 nitrogen and oxygen atoms in total. The average molecular weight is 310 g/mol. The molecule has 0 aliphatic rings. The zero-order valence-electron chi connectivity index (χ0n) is 12.6. The van der Waals surface area contributed by atoms with Crippen molar-refractivity contribution in [3.63, 3.8) is 0 Å². The molecular formula is C15H22N2O3S. The van der Waals surface area contributed by atoms with E-state index in [1.165, 1.54) is 11.8 Å². The van der Waals surface area contributed by atoms with Gasteiger partial charge >= 0.3 is 6.03 Å². The number of urea groups is 1. The fourth-order valence-electron chi connectivity index (χ4n) is 1.50. The normalized spacial score (nSPS) is 10.3. The van der Waals surface area contributed by atoms with Gasteiger partial charge in [0.05, 0.1) is 12.9 Å². The van der Waals surface area contributed by atoms with Crippen LogP contribution in [0.25, 0.3) is 0 Å². The third kappa shape index (κ3) is 7.60. The highest BCUT2D eigenvalue weighted by Crippen LogP contribution is 2.20. The molecular weight excluding hydrogens is 288 g/mol. The number of thioether (sulfide) groups is 1. The molecule has 0 spiro atoms. The second-order valence-electron chi connectivity index (χ2n) is 4.95. The average Bonchev–Trinajstić information content (AvgIpc) is 2.45. The first-order valence-electron chi connectivity index (χ1n) is 6.85. The van der Waals surface area contributed by atoms with E-state index < -0.39 is 6.03 Å². The summed E-state index contributed by atoms with van der Waals surface area (Å²) in [5, 5.41) is 4.97. The van der Waals surface area contributed by atoms with Gasteiger partial charge in [-0.05, 0) is 36.6 Å². The van der Waals surface area contributed by atoms with Crippen molar-refractivity contribution in [3.8, 4) is 5.75 Å². The molecule has 0 atom stereocenters. The number of imide groups is 1. The molecule has 6 heteroatoms. The van der Waals surface area contributed by atoms with Gasteiger partial charge in [0.1, 0.15) is 5.75 Å². The number of benzene rings is 1. The summed E-state index contributed by atoms with van der Waals surface area (Å²) in [5.74, 6) is 1.18. The quantitative estimate of drug-likeness (QED) is 0.760. The molecule has 116 valence electrons. The number of carbonyl (C=O) groups excluding carboxylic acids is 2.